The van der Waals surface area contributed by atoms with Crippen molar-refractivity contribution in [3.05, 3.63) is 58.3 Å². The molecule has 8 nitrogen and oxygen atoms in total. The minimum absolute atomic E-state index is 0.100. The van der Waals surface area contributed by atoms with E-state index in [4.69, 9.17) is 15.9 Å². The van der Waals surface area contributed by atoms with E-state index >= 15 is 0 Å². The van der Waals surface area contributed by atoms with Crippen LogP contribution in [0.15, 0.2) is 46.9 Å². The molecule has 32 heavy (non-hydrogen) atoms. The number of benzene rings is 2. The number of anilines is 2. The number of nitrogens with two attached hydrogens (primary N) is 1. The monoisotopic (exact) mass is 505 g/mol. The molecule has 0 radical (unpaired) electrons. The van der Waals surface area contributed by atoms with Crippen LogP contribution in [-0.4, -0.2) is 61.3 Å². The SMILES string of the molecule is COC1CCN(CCNc2ccccc2C(=N)C(N)=O)C1C(=O)Nc1cccc(Br)c1F. The number of hydrogen-bond acceptors (Lipinski definition) is 6. The largest absolute Gasteiger partial charge is 0.383 e. The molecule has 0 aliphatic carbocycles. The van der Waals surface area contributed by atoms with Gasteiger partial charge in [0.25, 0.3) is 5.91 Å². The van der Waals surface area contributed by atoms with Crippen LogP contribution in [0, 0.1) is 11.2 Å². The Balaban J connectivity index is 1.67. The minimum atomic E-state index is -0.807. The number of halogens is 2. The van der Waals surface area contributed by atoms with Crippen LogP contribution < -0.4 is 16.4 Å². The van der Waals surface area contributed by atoms with Gasteiger partial charge in [-0.25, -0.2) is 4.39 Å². The maximum absolute atomic E-state index is 14.3. The summed E-state index contributed by atoms with van der Waals surface area (Å²) in [5.74, 6) is -1.69. The lowest BCUT2D eigenvalue weighted by atomic mass is 10.1. The number of rotatable bonds is 9. The summed E-state index contributed by atoms with van der Waals surface area (Å²) in [5, 5.41) is 13.7. The maximum Gasteiger partial charge on any atom is 0.267 e. The molecule has 2 aromatic carbocycles. The van der Waals surface area contributed by atoms with Gasteiger partial charge >= 0.3 is 0 Å². The van der Waals surface area contributed by atoms with Crippen molar-refractivity contribution >= 4 is 44.8 Å². The molecule has 2 aromatic rings. The fourth-order valence-electron chi connectivity index (χ4n) is 3.79. The smallest absolute Gasteiger partial charge is 0.267 e. The molecule has 2 unspecified atom stereocenters. The molecule has 0 bridgehead atoms. The van der Waals surface area contributed by atoms with E-state index in [-0.39, 0.29) is 27.9 Å². The molecule has 2 atom stereocenters. The number of nitrogens with zero attached hydrogens (tertiary/aromatic N) is 1. The molecule has 2 amide bonds. The van der Waals surface area contributed by atoms with Gasteiger partial charge in [0.2, 0.25) is 5.91 Å². The average Bonchev–Trinajstić information content (AvgIpc) is 3.19. The predicted molar refractivity (Wildman–Crippen MR) is 124 cm³/mol. The van der Waals surface area contributed by atoms with Crippen molar-refractivity contribution in [2.75, 3.05) is 37.4 Å². The first-order valence-corrected chi connectivity index (χ1v) is 10.9. The molecule has 3 rings (SSSR count). The first kappa shape index (κ1) is 23.8. The van der Waals surface area contributed by atoms with E-state index < -0.39 is 17.8 Å². The molecule has 170 valence electrons. The fourth-order valence-corrected chi connectivity index (χ4v) is 4.15. The summed E-state index contributed by atoms with van der Waals surface area (Å²) in [7, 11) is 1.55. The summed E-state index contributed by atoms with van der Waals surface area (Å²) < 4.78 is 20.1. The van der Waals surface area contributed by atoms with Gasteiger partial charge in [0, 0.05) is 38.0 Å². The molecule has 0 saturated carbocycles. The highest BCUT2D eigenvalue weighted by atomic mass is 79.9. The van der Waals surface area contributed by atoms with Gasteiger partial charge in [-0.1, -0.05) is 24.3 Å². The van der Waals surface area contributed by atoms with E-state index in [1.807, 2.05) is 4.90 Å². The average molecular weight is 506 g/mol. The molecule has 1 saturated heterocycles. The Hall–Kier alpha value is -2.82. The number of carbonyl (C=O) groups is 2. The van der Waals surface area contributed by atoms with Crippen molar-refractivity contribution in [3.8, 4) is 0 Å². The fraction of sp³-hybridized carbons (Fsp3) is 0.318. The van der Waals surface area contributed by atoms with Gasteiger partial charge in [0.05, 0.1) is 16.3 Å². The zero-order chi connectivity index (χ0) is 23.3. The number of ether oxygens (including phenoxy) is 1. The normalized spacial score (nSPS) is 18.3. The van der Waals surface area contributed by atoms with Crippen molar-refractivity contribution in [2.45, 2.75) is 18.6 Å². The van der Waals surface area contributed by atoms with E-state index in [9.17, 15) is 14.0 Å². The van der Waals surface area contributed by atoms with Crippen LogP contribution in [0.5, 0.6) is 0 Å². The molecule has 1 aliphatic heterocycles. The number of carbonyl (C=O) groups excluding carboxylic acids is 2. The van der Waals surface area contributed by atoms with Crippen molar-refractivity contribution < 1.29 is 18.7 Å². The summed E-state index contributed by atoms with van der Waals surface area (Å²) in [6.07, 6.45) is 0.346. The summed E-state index contributed by atoms with van der Waals surface area (Å²) in [4.78, 5) is 26.4. The Kier molecular flexibility index (Phi) is 7.94. The second-order valence-corrected chi connectivity index (χ2v) is 8.20. The predicted octanol–water partition coefficient (Wildman–Crippen LogP) is 2.58. The Labute approximate surface area is 193 Å². The molecule has 1 heterocycles. The van der Waals surface area contributed by atoms with Gasteiger partial charge in [-0.3, -0.25) is 19.9 Å². The summed E-state index contributed by atoms with van der Waals surface area (Å²) >= 11 is 3.12. The highest BCUT2D eigenvalue weighted by molar-refractivity contribution is 9.10. The van der Waals surface area contributed by atoms with E-state index in [1.54, 1.807) is 43.5 Å². The van der Waals surface area contributed by atoms with Gasteiger partial charge < -0.3 is 21.1 Å². The quantitative estimate of drug-likeness (QED) is 0.390. The van der Waals surface area contributed by atoms with Crippen LogP contribution in [-0.2, 0) is 14.3 Å². The summed E-state index contributed by atoms with van der Waals surface area (Å²) in [6.45, 7) is 1.59. The van der Waals surface area contributed by atoms with E-state index in [2.05, 4.69) is 26.6 Å². The molecule has 1 aliphatic rings. The lowest BCUT2D eigenvalue weighted by Gasteiger charge is -2.27. The zero-order valence-corrected chi connectivity index (χ0v) is 19.1. The van der Waals surface area contributed by atoms with Crippen molar-refractivity contribution in [2.24, 2.45) is 5.73 Å². The number of methoxy groups -OCH3 is 1. The molecular formula is C22H25BrFN5O3. The van der Waals surface area contributed by atoms with Crippen LogP contribution in [0.1, 0.15) is 12.0 Å². The third-order valence-corrected chi connectivity index (χ3v) is 6.00. The topological polar surface area (TPSA) is 121 Å². The Morgan fingerprint density at radius 3 is 2.69 bits per heavy atom. The zero-order valence-electron chi connectivity index (χ0n) is 17.5. The van der Waals surface area contributed by atoms with E-state index in [1.165, 1.54) is 6.07 Å². The van der Waals surface area contributed by atoms with Crippen LogP contribution in [0.3, 0.4) is 0 Å². The van der Waals surface area contributed by atoms with Gasteiger partial charge in [0.1, 0.15) is 11.8 Å². The Morgan fingerprint density at radius 2 is 1.97 bits per heavy atom. The Morgan fingerprint density at radius 1 is 1.25 bits per heavy atom. The maximum atomic E-state index is 14.3. The highest BCUT2D eigenvalue weighted by Gasteiger charge is 2.39. The van der Waals surface area contributed by atoms with Crippen LogP contribution in [0.25, 0.3) is 0 Å². The van der Waals surface area contributed by atoms with Gasteiger partial charge in [0.15, 0.2) is 5.82 Å². The second kappa shape index (κ2) is 10.7. The molecule has 0 spiro atoms. The van der Waals surface area contributed by atoms with Crippen molar-refractivity contribution in [3.63, 3.8) is 0 Å². The number of hydrogen-bond donors (Lipinski definition) is 4. The van der Waals surface area contributed by atoms with Crippen molar-refractivity contribution in [1.82, 2.24) is 4.90 Å². The van der Waals surface area contributed by atoms with Crippen molar-refractivity contribution in [1.29, 1.82) is 5.41 Å². The standard InChI is InChI=1S/C22H25BrFN5O3/c1-32-17-9-11-29(20(17)22(31)28-16-8-4-6-14(23)18(16)24)12-10-27-15-7-3-2-5-13(15)19(25)21(26)30/h2-8,17,20,25,27H,9-12H2,1H3,(H2,26,30)(H,28,31). The van der Waals surface area contributed by atoms with Gasteiger partial charge in [-0.15, -0.1) is 0 Å². The number of nitrogens with one attached hydrogen (secondary N) is 3. The highest BCUT2D eigenvalue weighted by Crippen LogP contribution is 2.26. The Bertz CT molecular complexity index is 1020. The molecular weight excluding hydrogens is 481 g/mol. The van der Waals surface area contributed by atoms with Crippen LogP contribution in [0.2, 0.25) is 0 Å². The third-order valence-electron chi connectivity index (χ3n) is 5.38. The molecule has 5 N–H and O–H groups in total. The minimum Gasteiger partial charge on any atom is -0.383 e. The van der Waals surface area contributed by atoms with Gasteiger partial charge in [-0.05, 0) is 40.5 Å². The number of primary amides is 1. The lowest BCUT2D eigenvalue weighted by Crippen LogP contribution is -2.47. The van der Waals surface area contributed by atoms with Crippen LogP contribution in [0.4, 0.5) is 15.8 Å². The number of likely N-dealkylation sites (tertiary alicyclic amines) is 1. The second-order valence-electron chi connectivity index (χ2n) is 7.35. The van der Waals surface area contributed by atoms with E-state index in [0.717, 1.165) is 0 Å². The van der Waals surface area contributed by atoms with Gasteiger partial charge in [-0.2, -0.15) is 0 Å². The van der Waals surface area contributed by atoms with Crippen LogP contribution >= 0.6 is 15.9 Å². The molecule has 1 fully saturated rings. The summed E-state index contributed by atoms with van der Waals surface area (Å²) in [6, 6.07) is 11.1. The first-order valence-electron chi connectivity index (χ1n) is 10.1. The first-order chi connectivity index (χ1) is 15.3. The summed E-state index contributed by atoms with van der Waals surface area (Å²) in [5.41, 5.74) is 6.09. The molecule has 0 aromatic heterocycles. The lowest BCUT2D eigenvalue weighted by molar-refractivity contribution is -0.123. The van der Waals surface area contributed by atoms with E-state index in [0.29, 0.717) is 37.3 Å². The third kappa shape index (κ3) is 5.32. The molecule has 10 heteroatoms. The number of para-hydroxylation sites is 1. The number of amides is 2.